The maximum absolute atomic E-state index is 10.9. The monoisotopic (exact) mass is 427 g/mol. The Balaban J connectivity index is 1.86. The number of carbonyl (C=O) groups excluding carboxylic acids is 1. The molecule has 0 bridgehead atoms. The van der Waals surface area contributed by atoms with Gasteiger partial charge in [-0.15, -0.1) is 0 Å². The van der Waals surface area contributed by atoms with Gasteiger partial charge in [0.2, 0.25) is 5.91 Å². The fraction of sp³-hybridized carbons (Fsp3) is 0.438. The van der Waals surface area contributed by atoms with Gasteiger partial charge in [-0.3, -0.25) is 9.69 Å². The largest absolute Gasteiger partial charge is 0.492 e. The highest BCUT2D eigenvalue weighted by atomic mass is 79.9. The van der Waals surface area contributed by atoms with Crippen molar-refractivity contribution in [2.24, 2.45) is 12.8 Å². The lowest BCUT2D eigenvalue weighted by molar-refractivity contribution is -0.118. The van der Waals surface area contributed by atoms with E-state index in [4.69, 9.17) is 22.7 Å². The smallest absolute Gasteiger partial charge is 0.217 e. The van der Waals surface area contributed by atoms with Crippen LogP contribution in [0.5, 0.6) is 5.75 Å². The summed E-state index contributed by atoms with van der Waals surface area (Å²) in [6.45, 7) is 1.84. The topological polar surface area (TPSA) is 78.3 Å². The second kappa shape index (κ2) is 9.12. The van der Waals surface area contributed by atoms with Crippen LogP contribution in [0.4, 0.5) is 0 Å². The number of carbonyl (C=O) groups is 1. The summed E-state index contributed by atoms with van der Waals surface area (Å²) in [5, 5.41) is 4.48. The Morgan fingerprint density at radius 3 is 2.72 bits per heavy atom. The van der Waals surface area contributed by atoms with E-state index in [1.807, 2.05) is 42.9 Å². The maximum Gasteiger partial charge on any atom is 0.217 e. The number of aryl methyl sites for hydroxylation is 1. The van der Waals surface area contributed by atoms with E-state index in [9.17, 15) is 4.79 Å². The molecule has 136 valence electrons. The van der Waals surface area contributed by atoms with Crippen LogP contribution in [0.2, 0.25) is 0 Å². The van der Waals surface area contributed by atoms with Crippen molar-refractivity contribution in [3.05, 3.63) is 39.3 Å². The van der Waals surface area contributed by atoms with Crippen molar-refractivity contribution < 1.29 is 9.53 Å². The fourth-order valence-electron chi connectivity index (χ4n) is 2.23. The molecule has 0 aliphatic heterocycles. The highest BCUT2D eigenvalue weighted by Crippen LogP contribution is 2.15. The molecule has 0 fully saturated rings. The van der Waals surface area contributed by atoms with Crippen molar-refractivity contribution in [3.63, 3.8) is 0 Å². The number of primary amides is 1. The zero-order valence-corrected chi connectivity index (χ0v) is 16.7. The number of nitrogens with zero attached hydrogens (tertiary/aromatic N) is 4. The second-order valence-corrected chi connectivity index (χ2v) is 7.03. The zero-order valence-electron chi connectivity index (χ0n) is 14.3. The Morgan fingerprint density at radius 1 is 1.40 bits per heavy atom. The Kier molecular flexibility index (Phi) is 7.15. The van der Waals surface area contributed by atoms with Crippen molar-refractivity contribution in [2.75, 3.05) is 20.2 Å². The quantitative estimate of drug-likeness (QED) is 0.619. The van der Waals surface area contributed by atoms with Crippen LogP contribution in [-0.2, 0) is 24.9 Å². The number of ether oxygens (including phenoxy) is 1. The van der Waals surface area contributed by atoms with Crippen LogP contribution in [0.15, 0.2) is 28.7 Å². The molecule has 0 unspecified atom stereocenters. The van der Waals surface area contributed by atoms with Crippen LogP contribution in [0.3, 0.4) is 0 Å². The molecule has 2 rings (SSSR count). The molecule has 0 radical (unpaired) electrons. The third-order valence-electron chi connectivity index (χ3n) is 3.66. The predicted octanol–water partition coefficient (Wildman–Crippen LogP) is 2.10. The van der Waals surface area contributed by atoms with Crippen LogP contribution >= 0.6 is 28.1 Å². The number of benzene rings is 1. The number of aromatic nitrogens is 3. The molecule has 7 nitrogen and oxygen atoms in total. The lowest BCUT2D eigenvalue weighted by Gasteiger charge is -2.16. The number of halogens is 1. The predicted molar refractivity (Wildman–Crippen MR) is 102 cm³/mol. The molecule has 0 aliphatic carbocycles. The van der Waals surface area contributed by atoms with Gasteiger partial charge in [0, 0.05) is 30.9 Å². The van der Waals surface area contributed by atoms with E-state index in [1.165, 1.54) is 0 Å². The van der Waals surface area contributed by atoms with Crippen molar-refractivity contribution in [1.82, 2.24) is 19.2 Å². The van der Waals surface area contributed by atoms with Crippen molar-refractivity contribution in [3.8, 4) is 5.75 Å². The van der Waals surface area contributed by atoms with Crippen LogP contribution in [0.1, 0.15) is 12.2 Å². The number of rotatable bonds is 9. The lowest BCUT2D eigenvalue weighted by atomic mass is 10.3. The average molecular weight is 428 g/mol. The molecule has 0 saturated heterocycles. The van der Waals surface area contributed by atoms with E-state index in [0.29, 0.717) is 24.5 Å². The standard InChI is InChI=1S/C16H22BrN5O2S/c1-20(9-10-24-13-5-3-12(17)4-6-13)11-22-16(25)21(2)15(19-22)8-7-14(18)23/h3-6H,7-11H2,1-2H3,(H2,18,23). The Bertz CT molecular complexity index is 772. The van der Waals surface area contributed by atoms with Crippen molar-refractivity contribution in [1.29, 1.82) is 0 Å². The van der Waals surface area contributed by atoms with E-state index in [-0.39, 0.29) is 12.3 Å². The van der Waals surface area contributed by atoms with Crippen LogP contribution < -0.4 is 10.5 Å². The normalized spacial score (nSPS) is 11.0. The van der Waals surface area contributed by atoms with Gasteiger partial charge in [-0.2, -0.15) is 5.10 Å². The molecule has 1 amide bonds. The van der Waals surface area contributed by atoms with Gasteiger partial charge < -0.3 is 15.0 Å². The summed E-state index contributed by atoms with van der Waals surface area (Å²) in [5.41, 5.74) is 5.19. The van der Waals surface area contributed by atoms with Gasteiger partial charge in [-0.25, -0.2) is 4.68 Å². The molecule has 0 saturated carbocycles. The summed E-state index contributed by atoms with van der Waals surface area (Å²) in [4.78, 5) is 13.0. The van der Waals surface area contributed by atoms with Gasteiger partial charge in [0.1, 0.15) is 18.2 Å². The average Bonchev–Trinajstić information content (AvgIpc) is 2.83. The molecule has 1 heterocycles. The molecule has 25 heavy (non-hydrogen) atoms. The molecule has 2 N–H and O–H groups in total. The first kappa shape index (κ1) is 19.6. The van der Waals surface area contributed by atoms with Gasteiger partial charge in [0.15, 0.2) is 4.77 Å². The summed E-state index contributed by atoms with van der Waals surface area (Å²) in [5.74, 6) is 1.24. The Labute approximate surface area is 160 Å². The molecular weight excluding hydrogens is 406 g/mol. The summed E-state index contributed by atoms with van der Waals surface area (Å²) < 4.78 is 10.9. The molecule has 0 atom stereocenters. The molecule has 0 aliphatic rings. The third-order valence-corrected chi connectivity index (χ3v) is 4.67. The Hall–Kier alpha value is -1.71. The van der Waals surface area contributed by atoms with E-state index in [2.05, 4.69) is 25.9 Å². The van der Waals surface area contributed by atoms with Gasteiger partial charge in [0.25, 0.3) is 0 Å². The van der Waals surface area contributed by atoms with Crippen LogP contribution in [0, 0.1) is 4.77 Å². The third kappa shape index (κ3) is 5.94. The van der Waals surface area contributed by atoms with E-state index < -0.39 is 0 Å². The molecule has 0 spiro atoms. The minimum Gasteiger partial charge on any atom is -0.492 e. The first-order valence-corrected chi connectivity index (χ1v) is 9.05. The van der Waals surface area contributed by atoms with Crippen LogP contribution in [-0.4, -0.2) is 45.4 Å². The van der Waals surface area contributed by atoms with E-state index in [0.717, 1.165) is 22.6 Å². The van der Waals surface area contributed by atoms with Gasteiger partial charge in [0.05, 0.1) is 6.67 Å². The fourth-order valence-corrected chi connectivity index (χ4v) is 2.70. The van der Waals surface area contributed by atoms with Crippen LogP contribution in [0.25, 0.3) is 0 Å². The summed E-state index contributed by atoms with van der Waals surface area (Å²) >= 11 is 8.79. The summed E-state index contributed by atoms with van der Waals surface area (Å²) in [6, 6.07) is 7.73. The highest BCUT2D eigenvalue weighted by Gasteiger charge is 2.10. The number of nitrogens with two attached hydrogens (primary N) is 1. The van der Waals surface area contributed by atoms with Crippen molar-refractivity contribution in [2.45, 2.75) is 19.5 Å². The van der Waals surface area contributed by atoms with Gasteiger partial charge in [-0.05, 0) is 43.5 Å². The molecule has 2 aromatic rings. The Morgan fingerprint density at radius 2 is 2.08 bits per heavy atom. The SMILES string of the molecule is CN(CCOc1ccc(Br)cc1)Cn1nc(CCC(N)=O)n(C)c1=S. The summed E-state index contributed by atoms with van der Waals surface area (Å²) in [7, 11) is 3.82. The molecular formula is C16H22BrN5O2S. The maximum atomic E-state index is 10.9. The first-order chi connectivity index (χ1) is 11.9. The number of amides is 1. The molecule has 9 heteroatoms. The number of likely N-dealkylation sites (N-methyl/N-ethyl adjacent to an activating group) is 1. The highest BCUT2D eigenvalue weighted by molar-refractivity contribution is 9.10. The van der Waals surface area contributed by atoms with Crippen molar-refractivity contribution >= 4 is 34.1 Å². The first-order valence-electron chi connectivity index (χ1n) is 7.84. The van der Waals surface area contributed by atoms with Gasteiger partial charge in [-0.1, -0.05) is 15.9 Å². The minimum atomic E-state index is -0.345. The zero-order chi connectivity index (χ0) is 18.4. The number of hydrogen-bond donors (Lipinski definition) is 1. The second-order valence-electron chi connectivity index (χ2n) is 5.75. The minimum absolute atomic E-state index is 0.260. The van der Waals surface area contributed by atoms with E-state index in [1.54, 1.807) is 4.68 Å². The van der Waals surface area contributed by atoms with E-state index >= 15 is 0 Å². The lowest BCUT2D eigenvalue weighted by Crippen LogP contribution is -2.27. The number of hydrogen-bond acceptors (Lipinski definition) is 5. The molecule has 1 aromatic carbocycles. The molecule has 1 aromatic heterocycles. The summed E-state index contributed by atoms with van der Waals surface area (Å²) in [6.07, 6.45) is 0.745. The van der Waals surface area contributed by atoms with Gasteiger partial charge >= 0.3 is 0 Å².